The van der Waals surface area contributed by atoms with Crippen molar-refractivity contribution in [2.24, 2.45) is 0 Å². The predicted molar refractivity (Wildman–Crippen MR) is 129 cm³/mol. The molecule has 1 saturated carbocycles. The Balaban J connectivity index is 1.64. The summed E-state index contributed by atoms with van der Waals surface area (Å²) in [5.74, 6) is 0. The molecule has 0 aliphatic heterocycles. The molecule has 1 aliphatic carbocycles. The van der Waals surface area contributed by atoms with Gasteiger partial charge in [-0.05, 0) is 80.5 Å². The summed E-state index contributed by atoms with van der Waals surface area (Å²) in [4.78, 5) is 18.2. The number of hydrogen-bond donors (Lipinski definition) is 2. The van der Waals surface area contributed by atoms with Crippen LogP contribution in [0.1, 0.15) is 47.9 Å². The van der Waals surface area contributed by atoms with E-state index >= 15 is 0 Å². The average molecular weight is 420 g/mol. The second-order valence-corrected chi connectivity index (χ2v) is 8.84. The molecular formula is C25H29N3OS. The molecule has 0 saturated heterocycles. The molecule has 2 aromatic carbocycles. The van der Waals surface area contributed by atoms with Crippen molar-refractivity contribution in [3.05, 3.63) is 75.1 Å². The molecule has 0 radical (unpaired) electrons. The van der Waals surface area contributed by atoms with Crippen LogP contribution in [-0.2, 0) is 6.54 Å². The van der Waals surface area contributed by atoms with Crippen molar-refractivity contribution in [1.29, 1.82) is 0 Å². The van der Waals surface area contributed by atoms with Crippen LogP contribution >= 0.6 is 12.2 Å². The smallest absolute Gasteiger partial charge is 0.253 e. The molecule has 1 aromatic heterocycles. The highest BCUT2D eigenvalue weighted by molar-refractivity contribution is 7.80. The second-order valence-electron chi connectivity index (χ2n) is 8.46. The van der Waals surface area contributed by atoms with Gasteiger partial charge in [-0.25, -0.2) is 0 Å². The Kier molecular flexibility index (Phi) is 5.91. The first-order valence-electron chi connectivity index (χ1n) is 10.7. The highest BCUT2D eigenvalue weighted by atomic mass is 32.1. The number of fused-ring (bicyclic) bond motifs is 1. The third kappa shape index (κ3) is 4.26. The Hall–Kier alpha value is -2.66. The van der Waals surface area contributed by atoms with Gasteiger partial charge in [-0.1, -0.05) is 42.7 Å². The van der Waals surface area contributed by atoms with E-state index in [4.69, 9.17) is 12.2 Å². The third-order valence-corrected chi connectivity index (χ3v) is 6.63. The lowest BCUT2D eigenvalue weighted by atomic mass is 10.0. The Morgan fingerprint density at radius 2 is 1.80 bits per heavy atom. The molecule has 156 valence electrons. The number of nitrogens with one attached hydrogen (secondary N) is 2. The van der Waals surface area contributed by atoms with Gasteiger partial charge < -0.3 is 15.2 Å². The number of aromatic amines is 1. The van der Waals surface area contributed by atoms with Crippen molar-refractivity contribution in [2.45, 2.75) is 59.0 Å². The molecule has 5 heteroatoms. The number of anilines is 1. The lowest BCUT2D eigenvalue weighted by Crippen LogP contribution is -2.42. The Morgan fingerprint density at radius 1 is 1.10 bits per heavy atom. The molecule has 30 heavy (non-hydrogen) atoms. The number of hydrogen-bond acceptors (Lipinski definition) is 2. The summed E-state index contributed by atoms with van der Waals surface area (Å²) >= 11 is 5.81. The molecular weight excluding hydrogens is 390 g/mol. The van der Waals surface area contributed by atoms with Gasteiger partial charge in [0.15, 0.2) is 5.11 Å². The predicted octanol–water partition coefficient (Wildman–Crippen LogP) is 5.59. The average Bonchev–Trinajstić information content (AvgIpc) is 3.26. The van der Waals surface area contributed by atoms with Crippen LogP contribution in [0.4, 0.5) is 5.69 Å². The number of benzene rings is 2. The standard InChI is InChI=1S/C25H29N3OS/c1-16-8-12-21(13-9-16)26-25(30)28(22-6-4-5-7-22)15-20-14-19-11-10-17(2)18(3)23(19)27-24(20)29/h8-14,22H,4-7,15H2,1-3H3,(H,26,30)(H,27,29). The molecule has 0 amide bonds. The minimum absolute atomic E-state index is 0.0302. The fourth-order valence-electron chi connectivity index (χ4n) is 4.29. The molecule has 1 aliphatic rings. The molecule has 1 fully saturated rings. The maximum atomic E-state index is 12.9. The second kappa shape index (κ2) is 8.60. The first-order chi connectivity index (χ1) is 14.4. The summed E-state index contributed by atoms with van der Waals surface area (Å²) in [5, 5.41) is 5.14. The van der Waals surface area contributed by atoms with E-state index < -0.39 is 0 Å². The van der Waals surface area contributed by atoms with Crippen LogP contribution in [-0.4, -0.2) is 21.0 Å². The van der Waals surface area contributed by atoms with Gasteiger partial charge in [0.1, 0.15) is 0 Å². The molecule has 0 spiro atoms. The number of aromatic nitrogens is 1. The monoisotopic (exact) mass is 419 g/mol. The highest BCUT2D eigenvalue weighted by Gasteiger charge is 2.26. The molecule has 2 N–H and O–H groups in total. The first kappa shape index (κ1) is 20.6. The Labute approximate surface area is 183 Å². The van der Waals surface area contributed by atoms with Crippen molar-refractivity contribution in [1.82, 2.24) is 9.88 Å². The van der Waals surface area contributed by atoms with E-state index in [0.29, 0.717) is 17.7 Å². The van der Waals surface area contributed by atoms with Crippen LogP contribution in [0.25, 0.3) is 10.9 Å². The van der Waals surface area contributed by atoms with E-state index in [9.17, 15) is 4.79 Å². The fraction of sp³-hybridized carbons (Fsp3) is 0.360. The van der Waals surface area contributed by atoms with Crippen LogP contribution in [0.3, 0.4) is 0 Å². The summed E-state index contributed by atoms with van der Waals surface area (Å²) in [5.41, 5.74) is 6.15. The summed E-state index contributed by atoms with van der Waals surface area (Å²) in [6, 6.07) is 14.8. The molecule has 0 bridgehead atoms. The number of aryl methyl sites for hydroxylation is 3. The maximum absolute atomic E-state index is 12.9. The zero-order valence-corrected chi connectivity index (χ0v) is 18.7. The Morgan fingerprint density at radius 3 is 2.50 bits per heavy atom. The third-order valence-electron chi connectivity index (χ3n) is 6.30. The van der Waals surface area contributed by atoms with E-state index in [1.807, 2.05) is 18.2 Å². The Bertz CT molecular complexity index is 1130. The zero-order valence-electron chi connectivity index (χ0n) is 17.9. The minimum atomic E-state index is -0.0302. The van der Waals surface area contributed by atoms with Crippen LogP contribution in [0.5, 0.6) is 0 Å². The van der Waals surface area contributed by atoms with E-state index in [-0.39, 0.29) is 5.56 Å². The van der Waals surface area contributed by atoms with E-state index in [1.165, 1.54) is 24.0 Å². The van der Waals surface area contributed by atoms with Gasteiger partial charge in [0, 0.05) is 17.3 Å². The van der Waals surface area contributed by atoms with Crippen molar-refractivity contribution in [3.63, 3.8) is 0 Å². The van der Waals surface area contributed by atoms with Gasteiger partial charge in [-0.2, -0.15) is 0 Å². The number of pyridine rings is 1. The molecule has 0 atom stereocenters. The largest absolute Gasteiger partial charge is 0.342 e. The lowest BCUT2D eigenvalue weighted by molar-refractivity contribution is 0.311. The van der Waals surface area contributed by atoms with Gasteiger partial charge in [0.2, 0.25) is 0 Å². The summed E-state index contributed by atoms with van der Waals surface area (Å²) in [7, 11) is 0. The molecule has 3 aromatic rings. The van der Waals surface area contributed by atoms with Crippen molar-refractivity contribution in [3.8, 4) is 0 Å². The lowest BCUT2D eigenvalue weighted by Gasteiger charge is -2.31. The van der Waals surface area contributed by atoms with Gasteiger partial charge >= 0.3 is 0 Å². The maximum Gasteiger partial charge on any atom is 0.253 e. The molecule has 1 heterocycles. The zero-order chi connectivity index (χ0) is 21.3. The number of thiocarbonyl (C=S) groups is 1. The van der Waals surface area contributed by atoms with Crippen LogP contribution in [0.15, 0.2) is 47.3 Å². The van der Waals surface area contributed by atoms with E-state index in [2.05, 4.69) is 60.2 Å². The van der Waals surface area contributed by atoms with Crippen LogP contribution < -0.4 is 10.9 Å². The summed E-state index contributed by atoms with van der Waals surface area (Å²) in [6.45, 7) is 6.71. The number of H-pyrrole nitrogens is 1. The summed E-state index contributed by atoms with van der Waals surface area (Å²) < 4.78 is 0. The normalized spacial score (nSPS) is 14.2. The van der Waals surface area contributed by atoms with Gasteiger partial charge in [-0.3, -0.25) is 4.79 Å². The topological polar surface area (TPSA) is 48.1 Å². The van der Waals surface area contributed by atoms with Crippen LogP contribution in [0, 0.1) is 20.8 Å². The first-order valence-corrected chi connectivity index (χ1v) is 11.1. The summed E-state index contributed by atoms with van der Waals surface area (Å²) in [6.07, 6.45) is 4.64. The number of rotatable bonds is 4. The van der Waals surface area contributed by atoms with E-state index in [1.54, 1.807) is 0 Å². The highest BCUT2D eigenvalue weighted by Crippen LogP contribution is 2.26. The van der Waals surface area contributed by atoms with Crippen molar-refractivity contribution < 1.29 is 0 Å². The molecule has 4 rings (SSSR count). The van der Waals surface area contributed by atoms with Gasteiger partial charge in [0.25, 0.3) is 5.56 Å². The van der Waals surface area contributed by atoms with Crippen molar-refractivity contribution >= 4 is 33.9 Å². The quantitative estimate of drug-likeness (QED) is 0.541. The van der Waals surface area contributed by atoms with Crippen LogP contribution in [0.2, 0.25) is 0 Å². The SMILES string of the molecule is Cc1ccc(NC(=S)N(Cc2cc3ccc(C)c(C)c3[nH]c2=O)C2CCCC2)cc1. The van der Waals surface area contributed by atoms with E-state index in [0.717, 1.165) is 40.6 Å². The van der Waals surface area contributed by atoms with Gasteiger partial charge in [-0.15, -0.1) is 0 Å². The number of nitrogens with zero attached hydrogens (tertiary/aromatic N) is 1. The molecule has 4 nitrogen and oxygen atoms in total. The van der Waals surface area contributed by atoms with Gasteiger partial charge in [0.05, 0.1) is 12.1 Å². The molecule has 0 unspecified atom stereocenters. The van der Waals surface area contributed by atoms with Crippen molar-refractivity contribution in [2.75, 3.05) is 5.32 Å². The fourth-order valence-corrected chi connectivity index (χ4v) is 4.62. The minimum Gasteiger partial charge on any atom is -0.342 e.